The van der Waals surface area contributed by atoms with Gasteiger partial charge in [-0.1, -0.05) is 38.5 Å². The summed E-state index contributed by atoms with van der Waals surface area (Å²) >= 11 is 0. The molecule has 2 aromatic rings. The van der Waals surface area contributed by atoms with Crippen LogP contribution in [0.4, 0.5) is 11.4 Å². The summed E-state index contributed by atoms with van der Waals surface area (Å²) < 4.78 is 10.9. The minimum Gasteiger partial charge on any atom is -0.494 e. The van der Waals surface area contributed by atoms with Gasteiger partial charge in [0.1, 0.15) is 5.75 Å². The van der Waals surface area contributed by atoms with Crippen LogP contribution in [-0.2, 0) is 16.0 Å². The van der Waals surface area contributed by atoms with E-state index in [-0.39, 0.29) is 5.97 Å². The van der Waals surface area contributed by atoms with Crippen LogP contribution in [0.3, 0.4) is 0 Å². The summed E-state index contributed by atoms with van der Waals surface area (Å²) in [5, 5.41) is 8.72. The number of benzene rings is 2. The van der Waals surface area contributed by atoms with E-state index in [4.69, 9.17) is 9.47 Å². The minimum atomic E-state index is -0.313. The van der Waals surface area contributed by atoms with E-state index in [0.29, 0.717) is 18.8 Å². The number of azo groups is 1. The highest BCUT2D eigenvalue weighted by molar-refractivity contribution is 5.86. The fraction of sp³-hybridized carbons (Fsp3) is 0.444. The third kappa shape index (κ3) is 10.4. The summed E-state index contributed by atoms with van der Waals surface area (Å²) in [6.07, 6.45) is 8.65. The first-order valence-corrected chi connectivity index (χ1v) is 11.6. The third-order valence-corrected chi connectivity index (χ3v) is 4.99. The van der Waals surface area contributed by atoms with E-state index in [9.17, 15) is 4.79 Å². The number of ether oxygens (including phenoxy) is 2. The maximum Gasteiger partial charge on any atom is 0.333 e. The van der Waals surface area contributed by atoms with Crippen molar-refractivity contribution in [1.29, 1.82) is 0 Å². The van der Waals surface area contributed by atoms with Crippen LogP contribution in [-0.4, -0.2) is 19.2 Å². The molecule has 0 aromatic heterocycles. The van der Waals surface area contributed by atoms with Crippen molar-refractivity contribution < 1.29 is 14.3 Å². The molecule has 0 saturated carbocycles. The van der Waals surface area contributed by atoms with Gasteiger partial charge in [0.25, 0.3) is 0 Å². The van der Waals surface area contributed by atoms with Crippen molar-refractivity contribution in [2.45, 2.75) is 65.2 Å². The van der Waals surface area contributed by atoms with Gasteiger partial charge in [0.15, 0.2) is 0 Å². The van der Waals surface area contributed by atoms with E-state index >= 15 is 0 Å². The molecule has 0 spiro atoms. The lowest BCUT2D eigenvalue weighted by molar-refractivity contribution is -0.139. The zero-order chi connectivity index (χ0) is 23.0. The van der Waals surface area contributed by atoms with Gasteiger partial charge in [0.05, 0.1) is 24.6 Å². The van der Waals surface area contributed by atoms with Crippen molar-refractivity contribution >= 4 is 17.3 Å². The van der Waals surface area contributed by atoms with Gasteiger partial charge < -0.3 is 9.47 Å². The van der Waals surface area contributed by atoms with Gasteiger partial charge in [-0.3, -0.25) is 0 Å². The Morgan fingerprint density at radius 3 is 2.31 bits per heavy atom. The first-order chi connectivity index (χ1) is 15.6. The van der Waals surface area contributed by atoms with Gasteiger partial charge in [-0.05, 0) is 87.4 Å². The Bertz CT molecular complexity index is 859. The van der Waals surface area contributed by atoms with E-state index in [1.54, 1.807) is 6.92 Å². The zero-order valence-corrected chi connectivity index (χ0v) is 19.5. The van der Waals surface area contributed by atoms with E-state index < -0.39 is 0 Å². The minimum absolute atomic E-state index is 0.313. The summed E-state index contributed by atoms with van der Waals surface area (Å²) in [5.41, 5.74) is 3.44. The van der Waals surface area contributed by atoms with E-state index in [1.807, 2.05) is 36.4 Å². The molecule has 32 heavy (non-hydrogen) atoms. The Morgan fingerprint density at radius 2 is 1.59 bits per heavy atom. The van der Waals surface area contributed by atoms with Crippen molar-refractivity contribution in [2.75, 3.05) is 13.2 Å². The molecule has 0 aliphatic carbocycles. The fourth-order valence-electron chi connectivity index (χ4n) is 3.11. The van der Waals surface area contributed by atoms with Crippen LogP contribution in [0, 0.1) is 0 Å². The van der Waals surface area contributed by atoms with Crippen molar-refractivity contribution in [3.05, 3.63) is 66.2 Å². The first-order valence-electron chi connectivity index (χ1n) is 11.6. The Kier molecular flexibility index (Phi) is 11.8. The van der Waals surface area contributed by atoms with Crippen LogP contribution in [0.25, 0.3) is 0 Å². The molecule has 0 bridgehead atoms. The smallest absolute Gasteiger partial charge is 0.333 e. The van der Waals surface area contributed by atoms with Crippen molar-refractivity contribution in [2.24, 2.45) is 10.2 Å². The second-order valence-electron chi connectivity index (χ2n) is 8.00. The molecule has 5 nitrogen and oxygen atoms in total. The number of rotatable bonds is 15. The number of carbonyl (C=O) groups excluding carboxylic acids is 1. The number of esters is 1. The summed E-state index contributed by atoms with van der Waals surface area (Å²) in [7, 11) is 0. The third-order valence-electron chi connectivity index (χ3n) is 4.99. The van der Waals surface area contributed by atoms with Gasteiger partial charge in [0, 0.05) is 5.57 Å². The predicted molar refractivity (Wildman–Crippen MR) is 130 cm³/mol. The predicted octanol–water partition coefficient (Wildman–Crippen LogP) is 7.89. The maximum absolute atomic E-state index is 11.3. The van der Waals surface area contributed by atoms with Gasteiger partial charge in [-0.25, -0.2) is 4.79 Å². The lowest BCUT2D eigenvalue weighted by Crippen LogP contribution is -2.06. The molecule has 0 radical (unpaired) electrons. The number of aryl methyl sites for hydroxylation is 1. The molecule has 0 amide bonds. The van der Waals surface area contributed by atoms with Crippen molar-refractivity contribution in [1.82, 2.24) is 0 Å². The molecule has 0 heterocycles. The van der Waals surface area contributed by atoms with Crippen LogP contribution in [0.1, 0.15) is 64.4 Å². The van der Waals surface area contributed by atoms with Crippen LogP contribution in [0.2, 0.25) is 0 Å². The lowest BCUT2D eigenvalue weighted by atomic mass is 10.1. The molecule has 2 aromatic carbocycles. The fourth-order valence-corrected chi connectivity index (χ4v) is 3.11. The highest BCUT2D eigenvalue weighted by atomic mass is 16.5. The van der Waals surface area contributed by atoms with Crippen LogP contribution in [0.5, 0.6) is 5.75 Å². The highest BCUT2D eigenvalue weighted by Crippen LogP contribution is 2.22. The molecule has 5 heteroatoms. The Labute approximate surface area is 192 Å². The summed E-state index contributed by atoms with van der Waals surface area (Å²) in [4.78, 5) is 11.3. The Balaban J connectivity index is 1.65. The average molecular weight is 437 g/mol. The number of unbranched alkanes of at least 4 members (excludes halogenated alkanes) is 5. The van der Waals surface area contributed by atoms with E-state index in [2.05, 4.69) is 35.9 Å². The molecule has 0 saturated heterocycles. The van der Waals surface area contributed by atoms with Crippen molar-refractivity contribution in [3.8, 4) is 5.75 Å². The SMILES string of the molecule is C=C(C)C(=O)OCCCCCCOc1ccc(N=Nc2cccc(CCCCC)c2)cc1. The largest absolute Gasteiger partial charge is 0.494 e. The Hall–Kier alpha value is -2.95. The summed E-state index contributed by atoms with van der Waals surface area (Å²) in [6, 6.07) is 16.0. The monoisotopic (exact) mass is 436 g/mol. The topological polar surface area (TPSA) is 60.2 Å². The normalized spacial score (nSPS) is 10.9. The average Bonchev–Trinajstić information content (AvgIpc) is 2.80. The van der Waals surface area contributed by atoms with E-state index in [0.717, 1.165) is 49.2 Å². The molecular formula is C27H36N2O3. The molecular weight excluding hydrogens is 400 g/mol. The van der Waals surface area contributed by atoms with Gasteiger partial charge in [0.2, 0.25) is 0 Å². The second kappa shape index (κ2) is 15.0. The molecule has 0 aliphatic rings. The highest BCUT2D eigenvalue weighted by Gasteiger charge is 2.02. The van der Waals surface area contributed by atoms with Gasteiger partial charge in [-0.15, -0.1) is 0 Å². The Morgan fingerprint density at radius 1 is 0.875 bits per heavy atom. The molecule has 0 aliphatic heterocycles. The molecule has 172 valence electrons. The standard InChI is InChI=1S/C27H36N2O3/c1-4-5-8-12-23-13-11-14-25(21-23)29-28-24-15-17-26(18-16-24)31-19-9-6-7-10-20-32-27(30)22(2)3/h11,13-18,21H,2,4-10,12,19-20H2,1,3H3. The summed E-state index contributed by atoms with van der Waals surface area (Å²) in [5.74, 6) is 0.518. The number of carbonyl (C=O) groups is 1. The number of hydrogen-bond donors (Lipinski definition) is 0. The maximum atomic E-state index is 11.3. The molecule has 0 N–H and O–H groups in total. The summed E-state index contributed by atoms with van der Waals surface area (Å²) in [6.45, 7) is 8.55. The zero-order valence-electron chi connectivity index (χ0n) is 19.5. The van der Waals surface area contributed by atoms with Crippen molar-refractivity contribution in [3.63, 3.8) is 0 Å². The molecule has 2 rings (SSSR count). The second-order valence-corrected chi connectivity index (χ2v) is 8.00. The quantitative estimate of drug-likeness (QED) is 0.123. The van der Waals surface area contributed by atoms with Gasteiger partial charge in [-0.2, -0.15) is 10.2 Å². The number of nitrogens with zero attached hydrogens (tertiary/aromatic N) is 2. The molecule has 0 fully saturated rings. The van der Waals surface area contributed by atoms with Crippen LogP contribution < -0.4 is 4.74 Å². The van der Waals surface area contributed by atoms with Crippen LogP contribution in [0.15, 0.2) is 70.9 Å². The van der Waals surface area contributed by atoms with E-state index in [1.165, 1.54) is 24.8 Å². The molecule has 0 unspecified atom stereocenters. The van der Waals surface area contributed by atoms with Gasteiger partial charge >= 0.3 is 5.97 Å². The lowest BCUT2D eigenvalue weighted by Gasteiger charge is -2.07. The molecule has 0 atom stereocenters. The first kappa shape index (κ1) is 25.3. The van der Waals surface area contributed by atoms with Crippen LogP contribution >= 0.6 is 0 Å². The number of hydrogen-bond acceptors (Lipinski definition) is 5.